The maximum Gasteiger partial charge on any atom is 0.289 e. The molecule has 0 bridgehead atoms. The second-order valence-electron chi connectivity index (χ2n) is 4.77. The van der Waals surface area contributed by atoms with Crippen molar-refractivity contribution in [2.45, 2.75) is 19.4 Å². The Morgan fingerprint density at radius 1 is 1.74 bits per heavy atom. The minimum atomic E-state index is -0.548. The Labute approximate surface area is 110 Å². The third kappa shape index (κ3) is 2.48. The SMILES string of the molecule is CC1CC(CN)CN1c1ncc([N+](=O)[O-])cc1C#N. The average Bonchev–Trinajstić information content (AvgIpc) is 2.79. The fraction of sp³-hybridized carbons (Fsp3) is 0.500. The first-order valence-electron chi connectivity index (χ1n) is 6.08. The Bertz CT molecular complexity index is 539. The molecule has 1 aliphatic rings. The van der Waals surface area contributed by atoms with Crippen LogP contribution in [0.3, 0.4) is 0 Å². The van der Waals surface area contributed by atoms with Crippen LogP contribution in [0.25, 0.3) is 0 Å². The molecule has 2 N–H and O–H groups in total. The average molecular weight is 261 g/mol. The van der Waals surface area contributed by atoms with Crippen LogP contribution < -0.4 is 10.6 Å². The third-order valence-electron chi connectivity index (χ3n) is 3.45. The van der Waals surface area contributed by atoms with Gasteiger partial charge in [0, 0.05) is 18.7 Å². The highest BCUT2D eigenvalue weighted by Crippen LogP contribution is 2.30. The molecule has 0 spiro atoms. The summed E-state index contributed by atoms with van der Waals surface area (Å²) in [5.74, 6) is 0.884. The van der Waals surface area contributed by atoms with Crippen LogP contribution in [0.15, 0.2) is 12.3 Å². The molecule has 1 aromatic rings. The molecule has 0 amide bonds. The van der Waals surface area contributed by atoms with Gasteiger partial charge in [0.25, 0.3) is 5.69 Å². The molecule has 1 aromatic heterocycles. The zero-order valence-corrected chi connectivity index (χ0v) is 10.6. The molecule has 1 fully saturated rings. The van der Waals surface area contributed by atoms with E-state index in [0.29, 0.717) is 18.3 Å². The standard InChI is InChI=1S/C12H15N5O2/c1-8-2-9(4-13)7-16(8)12-10(5-14)3-11(6-15-12)17(18)19/h3,6,8-9H,2,4,7,13H2,1H3. The summed E-state index contributed by atoms with van der Waals surface area (Å²) in [5, 5.41) is 19.8. The van der Waals surface area contributed by atoms with E-state index in [1.54, 1.807) is 0 Å². The van der Waals surface area contributed by atoms with Crippen LogP contribution >= 0.6 is 0 Å². The van der Waals surface area contributed by atoms with Crippen LogP contribution in [-0.2, 0) is 0 Å². The van der Waals surface area contributed by atoms with E-state index in [1.165, 1.54) is 12.3 Å². The number of pyridine rings is 1. The number of aromatic nitrogens is 1. The largest absolute Gasteiger partial charge is 0.352 e. The van der Waals surface area contributed by atoms with Crippen LogP contribution in [0.2, 0.25) is 0 Å². The number of hydrogen-bond acceptors (Lipinski definition) is 6. The zero-order chi connectivity index (χ0) is 14.0. The molecule has 2 atom stereocenters. The van der Waals surface area contributed by atoms with E-state index in [0.717, 1.165) is 13.0 Å². The maximum atomic E-state index is 10.7. The van der Waals surface area contributed by atoms with Crippen molar-refractivity contribution in [2.24, 2.45) is 11.7 Å². The summed E-state index contributed by atoms with van der Waals surface area (Å²) in [4.78, 5) is 16.2. The Morgan fingerprint density at radius 2 is 2.47 bits per heavy atom. The monoisotopic (exact) mass is 261 g/mol. The number of anilines is 1. The quantitative estimate of drug-likeness (QED) is 0.643. The van der Waals surface area contributed by atoms with Crippen molar-refractivity contribution in [2.75, 3.05) is 18.0 Å². The van der Waals surface area contributed by atoms with E-state index in [1.807, 2.05) is 17.9 Å². The highest BCUT2D eigenvalue weighted by molar-refractivity contribution is 5.58. The van der Waals surface area contributed by atoms with E-state index < -0.39 is 4.92 Å². The van der Waals surface area contributed by atoms with Crippen molar-refractivity contribution in [3.63, 3.8) is 0 Å². The smallest absolute Gasteiger partial charge is 0.289 e. The Hall–Kier alpha value is -2.20. The summed E-state index contributed by atoms with van der Waals surface area (Å²) < 4.78 is 0. The van der Waals surface area contributed by atoms with Crippen LogP contribution in [0.1, 0.15) is 18.9 Å². The third-order valence-corrected chi connectivity index (χ3v) is 3.45. The Morgan fingerprint density at radius 3 is 3.00 bits per heavy atom. The van der Waals surface area contributed by atoms with Crippen LogP contribution in [0.5, 0.6) is 0 Å². The number of nitrogens with two attached hydrogens (primary N) is 1. The van der Waals surface area contributed by atoms with Crippen LogP contribution in [0, 0.1) is 27.4 Å². The van der Waals surface area contributed by atoms with Gasteiger partial charge in [0.05, 0.1) is 4.92 Å². The normalized spacial score (nSPS) is 22.3. The van der Waals surface area contributed by atoms with Gasteiger partial charge in [-0.25, -0.2) is 4.98 Å². The maximum absolute atomic E-state index is 10.7. The predicted octanol–water partition coefficient (Wildman–Crippen LogP) is 1.03. The second-order valence-corrected chi connectivity index (χ2v) is 4.77. The van der Waals surface area contributed by atoms with Crippen molar-refractivity contribution in [1.82, 2.24) is 4.98 Å². The van der Waals surface area contributed by atoms with Gasteiger partial charge in [-0.05, 0) is 25.8 Å². The summed E-state index contributed by atoms with van der Waals surface area (Å²) in [5.41, 5.74) is 5.74. The lowest BCUT2D eigenvalue weighted by molar-refractivity contribution is -0.385. The fourth-order valence-corrected chi connectivity index (χ4v) is 2.47. The van der Waals surface area contributed by atoms with Gasteiger partial charge >= 0.3 is 0 Å². The minimum Gasteiger partial charge on any atom is -0.352 e. The molecule has 2 heterocycles. The van der Waals surface area contributed by atoms with E-state index in [9.17, 15) is 10.1 Å². The molecule has 0 radical (unpaired) electrons. The Kier molecular flexibility index (Phi) is 3.62. The van der Waals surface area contributed by atoms with Gasteiger partial charge in [-0.3, -0.25) is 10.1 Å². The molecule has 2 unspecified atom stereocenters. The summed E-state index contributed by atoms with van der Waals surface area (Å²) in [6.45, 7) is 3.37. The molecule has 7 heteroatoms. The highest BCUT2D eigenvalue weighted by atomic mass is 16.6. The lowest BCUT2D eigenvalue weighted by Crippen LogP contribution is -2.29. The molecular formula is C12H15N5O2. The first-order chi connectivity index (χ1) is 9.06. The van der Waals surface area contributed by atoms with Gasteiger partial charge < -0.3 is 10.6 Å². The highest BCUT2D eigenvalue weighted by Gasteiger charge is 2.31. The summed E-state index contributed by atoms with van der Waals surface area (Å²) in [7, 11) is 0. The first-order valence-corrected chi connectivity index (χ1v) is 6.08. The molecule has 1 saturated heterocycles. The minimum absolute atomic E-state index is 0.164. The molecule has 0 aliphatic carbocycles. The van der Waals surface area contributed by atoms with Gasteiger partial charge in [0.1, 0.15) is 23.6 Å². The van der Waals surface area contributed by atoms with Crippen LogP contribution in [0.4, 0.5) is 11.5 Å². The molecule has 0 saturated carbocycles. The van der Waals surface area contributed by atoms with Crippen LogP contribution in [-0.4, -0.2) is 29.0 Å². The number of nitro groups is 1. The molecule has 19 heavy (non-hydrogen) atoms. The number of hydrogen-bond donors (Lipinski definition) is 1. The summed E-state index contributed by atoms with van der Waals surface area (Å²) >= 11 is 0. The zero-order valence-electron chi connectivity index (χ0n) is 10.6. The topological polar surface area (TPSA) is 109 Å². The van der Waals surface area contributed by atoms with Gasteiger partial charge in [0.15, 0.2) is 0 Å². The number of rotatable bonds is 3. The molecule has 0 aromatic carbocycles. The van der Waals surface area contributed by atoms with E-state index in [-0.39, 0.29) is 17.3 Å². The van der Waals surface area contributed by atoms with Crippen molar-refractivity contribution in [3.8, 4) is 6.07 Å². The Balaban J connectivity index is 2.35. The van der Waals surface area contributed by atoms with Crippen molar-refractivity contribution in [3.05, 3.63) is 27.9 Å². The van der Waals surface area contributed by atoms with Crippen molar-refractivity contribution in [1.29, 1.82) is 5.26 Å². The number of nitriles is 1. The van der Waals surface area contributed by atoms with Gasteiger partial charge in [0.2, 0.25) is 0 Å². The first kappa shape index (κ1) is 13.2. The van der Waals surface area contributed by atoms with Crippen molar-refractivity contribution >= 4 is 11.5 Å². The lowest BCUT2D eigenvalue weighted by atomic mass is 10.1. The molecule has 1 aliphatic heterocycles. The van der Waals surface area contributed by atoms with Gasteiger partial charge in [-0.15, -0.1) is 0 Å². The second kappa shape index (κ2) is 5.20. The van der Waals surface area contributed by atoms with E-state index in [4.69, 9.17) is 11.0 Å². The lowest BCUT2D eigenvalue weighted by Gasteiger charge is -2.23. The number of nitrogens with zero attached hydrogens (tertiary/aromatic N) is 4. The van der Waals surface area contributed by atoms with Crippen molar-refractivity contribution < 1.29 is 4.92 Å². The fourth-order valence-electron chi connectivity index (χ4n) is 2.47. The summed E-state index contributed by atoms with van der Waals surface area (Å²) in [6.07, 6.45) is 2.14. The summed E-state index contributed by atoms with van der Waals surface area (Å²) in [6, 6.07) is 3.48. The van der Waals surface area contributed by atoms with E-state index >= 15 is 0 Å². The molecule has 2 rings (SSSR count). The molecule has 100 valence electrons. The molecular weight excluding hydrogens is 246 g/mol. The van der Waals surface area contributed by atoms with Gasteiger partial charge in [-0.2, -0.15) is 5.26 Å². The van der Waals surface area contributed by atoms with E-state index in [2.05, 4.69) is 4.98 Å². The molecule has 7 nitrogen and oxygen atoms in total. The van der Waals surface area contributed by atoms with Gasteiger partial charge in [-0.1, -0.05) is 0 Å². The predicted molar refractivity (Wildman–Crippen MR) is 69.6 cm³/mol.